The van der Waals surface area contributed by atoms with Crippen LogP contribution in [0.3, 0.4) is 0 Å². The average molecular weight is 364 g/mol. The number of benzene rings is 2. The van der Waals surface area contributed by atoms with Crippen molar-refractivity contribution in [1.82, 2.24) is 5.32 Å². The SMILES string of the molecule is O=C(NCc1ccccc1N1CCOCC1)c1cc2ccccc2oc1=O. The molecule has 2 heterocycles. The number of nitrogens with zero attached hydrogens (tertiary/aromatic N) is 1. The molecule has 0 spiro atoms. The van der Waals surface area contributed by atoms with E-state index in [4.69, 9.17) is 9.15 Å². The smallest absolute Gasteiger partial charge is 0.349 e. The molecule has 1 aromatic heterocycles. The molecular weight excluding hydrogens is 344 g/mol. The molecular formula is C21H20N2O4. The maximum atomic E-state index is 12.6. The second-order valence-corrected chi connectivity index (χ2v) is 6.40. The lowest BCUT2D eigenvalue weighted by Gasteiger charge is -2.30. The molecule has 6 nitrogen and oxygen atoms in total. The fourth-order valence-corrected chi connectivity index (χ4v) is 3.26. The van der Waals surface area contributed by atoms with Gasteiger partial charge in [-0.1, -0.05) is 36.4 Å². The molecule has 1 amide bonds. The van der Waals surface area contributed by atoms with E-state index in [0.29, 0.717) is 25.3 Å². The molecule has 1 saturated heterocycles. The van der Waals surface area contributed by atoms with Crippen LogP contribution in [0, 0.1) is 0 Å². The minimum absolute atomic E-state index is 0.0116. The van der Waals surface area contributed by atoms with Crippen LogP contribution < -0.4 is 15.8 Å². The fourth-order valence-electron chi connectivity index (χ4n) is 3.26. The van der Waals surface area contributed by atoms with Crippen molar-refractivity contribution in [3.05, 3.63) is 76.1 Å². The van der Waals surface area contributed by atoms with Gasteiger partial charge in [-0.25, -0.2) is 4.79 Å². The number of rotatable bonds is 4. The average Bonchev–Trinajstić information content (AvgIpc) is 2.72. The van der Waals surface area contributed by atoms with Gasteiger partial charge in [-0.3, -0.25) is 4.79 Å². The van der Waals surface area contributed by atoms with Crippen LogP contribution in [0.4, 0.5) is 5.69 Å². The molecule has 1 fully saturated rings. The predicted octanol–water partition coefficient (Wildman–Crippen LogP) is 2.56. The summed E-state index contributed by atoms with van der Waals surface area (Å²) >= 11 is 0. The molecule has 0 atom stereocenters. The molecule has 1 N–H and O–H groups in total. The van der Waals surface area contributed by atoms with Gasteiger partial charge in [0.25, 0.3) is 5.91 Å². The van der Waals surface area contributed by atoms with Gasteiger partial charge < -0.3 is 19.4 Å². The molecule has 3 aromatic rings. The first-order valence-electron chi connectivity index (χ1n) is 8.94. The van der Waals surface area contributed by atoms with E-state index in [0.717, 1.165) is 29.7 Å². The van der Waals surface area contributed by atoms with Gasteiger partial charge in [0.05, 0.1) is 13.2 Å². The van der Waals surface area contributed by atoms with Crippen molar-refractivity contribution in [2.24, 2.45) is 0 Å². The highest BCUT2D eigenvalue weighted by atomic mass is 16.5. The van der Waals surface area contributed by atoms with Crippen molar-refractivity contribution in [2.45, 2.75) is 6.54 Å². The van der Waals surface area contributed by atoms with E-state index in [1.807, 2.05) is 36.4 Å². The number of amides is 1. The molecule has 6 heteroatoms. The monoisotopic (exact) mass is 364 g/mol. The van der Waals surface area contributed by atoms with Gasteiger partial charge in [-0.2, -0.15) is 0 Å². The van der Waals surface area contributed by atoms with E-state index < -0.39 is 11.5 Å². The number of anilines is 1. The standard InChI is InChI=1S/C21H20N2O4/c24-20(17-13-15-5-2-4-8-19(15)27-21(17)25)22-14-16-6-1-3-7-18(16)23-9-11-26-12-10-23/h1-8,13H,9-12,14H2,(H,22,24). The summed E-state index contributed by atoms with van der Waals surface area (Å²) in [5.74, 6) is -0.439. The molecule has 4 rings (SSSR count). The Kier molecular flexibility index (Phi) is 4.89. The molecule has 2 aromatic carbocycles. The lowest BCUT2D eigenvalue weighted by Crippen LogP contribution is -2.37. The first kappa shape index (κ1) is 17.3. The van der Waals surface area contributed by atoms with E-state index in [9.17, 15) is 9.59 Å². The molecule has 27 heavy (non-hydrogen) atoms. The largest absolute Gasteiger partial charge is 0.422 e. The highest BCUT2D eigenvalue weighted by Gasteiger charge is 2.17. The topological polar surface area (TPSA) is 71.8 Å². The van der Waals surface area contributed by atoms with Crippen LogP contribution in [0.2, 0.25) is 0 Å². The molecule has 1 aliphatic heterocycles. The lowest BCUT2D eigenvalue weighted by atomic mass is 10.1. The summed E-state index contributed by atoms with van der Waals surface area (Å²) in [4.78, 5) is 27.0. The highest BCUT2D eigenvalue weighted by molar-refractivity contribution is 5.96. The van der Waals surface area contributed by atoms with Gasteiger partial charge in [0.1, 0.15) is 11.1 Å². The maximum absolute atomic E-state index is 12.6. The number of morpholine rings is 1. The van der Waals surface area contributed by atoms with E-state index >= 15 is 0 Å². The van der Waals surface area contributed by atoms with Crippen molar-refractivity contribution in [3.63, 3.8) is 0 Å². The van der Waals surface area contributed by atoms with E-state index in [-0.39, 0.29) is 5.56 Å². The molecule has 0 bridgehead atoms. The third-order valence-corrected chi connectivity index (χ3v) is 4.67. The minimum Gasteiger partial charge on any atom is -0.422 e. The number of carbonyl (C=O) groups excluding carboxylic acids is 1. The number of nitrogens with one attached hydrogen (secondary N) is 1. The zero-order valence-electron chi connectivity index (χ0n) is 14.8. The summed E-state index contributed by atoms with van der Waals surface area (Å²) in [6.07, 6.45) is 0. The molecule has 0 unspecified atom stereocenters. The fraction of sp³-hybridized carbons (Fsp3) is 0.238. The molecule has 1 aliphatic rings. The van der Waals surface area contributed by atoms with Crippen LogP contribution in [0.1, 0.15) is 15.9 Å². The Bertz CT molecular complexity index is 1020. The van der Waals surface area contributed by atoms with Crippen molar-refractivity contribution >= 4 is 22.6 Å². The van der Waals surface area contributed by atoms with Crippen molar-refractivity contribution in [3.8, 4) is 0 Å². The lowest BCUT2D eigenvalue weighted by molar-refractivity contribution is 0.0947. The van der Waals surface area contributed by atoms with Crippen LogP contribution in [0.5, 0.6) is 0 Å². The number of hydrogen-bond acceptors (Lipinski definition) is 5. The summed E-state index contributed by atoms with van der Waals surface area (Å²) in [5.41, 5.74) is 1.92. The number of ether oxygens (including phenoxy) is 1. The van der Waals surface area contributed by atoms with Gasteiger partial charge in [-0.05, 0) is 23.8 Å². The number of hydrogen-bond donors (Lipinski definition) is 1. The van der Waals surface area contributed by atoms with Crippen molar-refractivity contribution < 1.29 is 13.9 Å². The van der Waals surface area contributed by atoms with E-state index in [1.165, 1.54) is 0 Å². The number of para-hydroxylation sites is 2. The Labute approximate surface area is 156 Å². The Morgan fingerprint density at radius 3 is 2.63 bits per heavy atom. The van der Waals surface area contributed by atoms with Gasteiger partial charge in [-0.15, -0.1) is 0 Å². The van der Waals surface area contributed by atoms with Crippen LogP contribution >= 0.6 is 0 Å². The quantitative estimate of drug-likeness (QED) is 0.721. The molecule has 0 radical (unpaired) electrons. The Hall–Kier alpha value is -3.12. The van der Waals surface area contributed by atoms with Gasteiger partial charge in [0, 0.05) is 30.7 Å². The molecule has 0 saturated carbocycles. The summed E-state index contributed by atoms with van der Waals surface area (Å²) in [6.45, 7) is 3.36. The Morgan fingerprint density at radius 2 is 1.78 bits per heavy atom. The van der Waals surface area contributed by atoms with Gasteiger partial charge in [0.15, 0.2) is 0 Å². The zero-order chi connectivity index (χ0) is 18.6. The van der Waals surface area contributed by atoms with E-state index in [2.05, 4.69) is 10.2 Å². The summed E-state index contributed by atoms with van der Waals surface area (Å²) < 4.78 is 10.7. The molecule has 138 valence electrons. The predicted molar refractivity (Wildman–Crippen MR) is 103 cm³/mol. The summed E-state index contributed by atoms with van der Waals surface area (Å²) in [7, 11) is 0. The first-order valence-corrected chi connectivity index (χ1v) is 8.94. The van der Waals surface area contributed by atoms with E-state index in [1.54, 1.807) is 18.2 Å². The van der Waals surface area contributed by atoms with Gasteiger partial charge >= 0.3 is 5.63 Å². The van der Waals surface area contributed by atoms with Crippen LogP contribution in [-0.2, 0) is 11.3 Å². The van der Waals surface area contributed by atoms with Crippen LogP contribution in [0.15, 0.2) is 63.8 Å². The van der Waals surface area contributed by atoms with Crippen molar-refractivity contribution in [2.75, 3.05) is 31.2 Å². The van der Waals surface area contributed by atoms with Crippen molar-refractivity contribution in [1.29, 1.82) is 0 Å². The highest BCUT2D eigenvalue weighted by Crippen LogP contribution is 2.21. The zero-order valence-corrected chi connectivity index (χ0v) is 14.8. The van der Waals surface area contributed by atoms with Gasteiger partial charge in [0.2, 0.25) is 0 Å². The number of carbonyl (C=O) groups is 1. The Balaban J connectivity index is 1.53. The Morgan fingerprint density at radius 1 is 1.04 bits per heavy atom. The van der Waals surface area contributed by atoms with Crippen LogP contribution in [-0.4, -0.2) is 32.2 Å². The summed E-state index contributed by atoms with van der Waals surface area (Å²) in [5, 5.41) is 3.56. The number of fused-ring (bicyclic) bond motifs is 1. The third-order valence-electron chi connectivity index (χ3n) is 4.67. The normalized spacial score (nSPS) is 14.3. The second-order valence-electron chi connectivity index (χ2n) is 6.40. The third kappa shape index (κ3) is 3.71. The van der Waals surface area contributed by atoms with Crippen LogP contribution in [0.25, 0.3) is 11.0 Å². The second kappa shape index (κ2) is 7.63. The minimum atomic E-state index is -0.632. The molecule has 0 aliphatic carbocycles. The summed E-state index contributed by atoms with van der Waals surface area (Å²) in [6, 6.07) is 16.6. The maximum Gasteiger partial charge on any atom is 0.349 e. The first-order chi connectivity index (χ1) is 13.2.